The summed E-state index contributed by atoms with van der Waals surface area (Å²) in [7, 11) is -2.63. The minimum absolute atomic E-state index is 0.0909. The van der Waals surface area contributed by atoms with E-state index < -0.39 is 27.7 Å². The Kier molecular flexibility index (Phi) is 8.38. The number of thiazole rings is 1. The number of anilines is 1. The highest BCUT2D eigenvalue weighted by molar-refractivity contribution is 7.92. The van der Waals surface area contributed by atoms with Gasteiger partial charge in [0.2, 0.25) is 0 Å². The van der Waals surface area contributed by atoms with Crippen molar-refractivity contribution in [2.24, 2.45) is 4.99 Å². The third-order valence-corrected chi connectivity index (χ3v) is 8.22. The van der Waals surface area contributed by atoms with Crippen molar-refractivity contribution < 1.29 is 27.1 Å². The number of methoxy groups -OCH3 is 1. The standard InChI is InChI=1S/C27H26FN3O5S2/c1-3-4-5-18-6-15-23-24(16-18)37-27(31(23)17-25(32)36-2)29-26(33)19-7-11-21(12-8-19)30-38(34,35)22-13-9-20(28)10-14-22/h6-16,30H,3-5,17H2,1-2H3. The van der Waals surface area contributed by atoms with Crippen LogP contribution in [0.1, 0.15) is 35.7 Å². The zero-order valence-electron chi connectivity index (χ0n) is 20.8. The molecule has 8 nitrogen and oxygen atoms in total. The van der Waals surface area contributed by atoms with Crippen LogP contribution in [0.3, 0.4) is 0 Å². The first-order valence-corrected chi connectivity index (χ1v) is 14.2. The number of fused-ring (bicyclic) bond motifs is 1. The minimum atomic E-state index is -3.93. The lowest BCUT2D eigenvalue weighted by molar-refractivity contribution is -0.141. The summed E-state index contributed by atoms with van der Waals surface area (Å²) in [6.45, 7) is 2.03. The Morgan fingerprint density at radius 3 is 2.42 bits per heavy atom. The first-order chi connectivity index (χ1) is 18.2. The molecule has 1 N–H and O–H groups in total. The Morgan fingerprint density at radius 1 is 1.05 bits per heavy atom. The van der Waals surface area contributed by atoms with Gasteiger partial charge in [-0.2, -0.15) is 4.99 Å². The third kappa shape index (κ3) is 6.35. The molecule has 4 rings (SSSR count). The van der Waals surface area contributed by atoms with E-state index in [0.717, 1.165) is 53.7 Å². The summed E-state index contributed by atoms with van der Waals surface area (Å²) in [6, 6.07) is 16.2. The number of benzene rings is 3. The minimum Gasteiger partial charge on any atom is -0.468 e. The summed E-state index contributed by atoms with van der Waals surface area (Å²) in [6.07, 6.45) is 3.07. The number of amides is 1. The van der Waals surface area contributed by atoms with Gasteiger partial charge >= 0.3 is 5.97 Å². The highest BCUT2D eigenvalue weighted by atomic mass is 32.2. The Labute approximate surface area is 223 Å². The molecule has 11 heteroatoms. The van der Waals surface area contributed by atoms with Crippen molar-refractivity contribution in [3.63, 3.8) is 0 Å². The van der Waals surface area contributed by atoms with Gasteiger partial charge in [0.1, 0.15) is 12.4 Å². The number of hydrogen-bond donors (Lipinski definition) is 1. The van der Waals surface area contributed by atoms with Crippen LogP contribution in [-0.4, -0.2) is 32.0 Å². The smallest absolute Gasteiger partial charge is 0.325 e. The van der Waals surface area contributed by atoms with Crippen LogP contribution in [0, 0.1) is 5.82 Å². The number of unbranched alkanes of at least 4 members (excludes halogenated alkanes) is 1. The van der Waals surface area contributed by atoms with E-state index in [1.807, 2.05) is 12.1 Å². The highest BCUT2D eigenvalue weighted by Crippen LogP contribution is 2.21. The lowest BCUT2D eigenvalue weighted by Crippen LogP contribution is -2.22. The number of nitrogens with one attached hydrogen (secondary N) is 1. The van der Waals surface area contributed by atoms with Crippen LogP contribution in [0.25, 0.3) is 10.2 Å². The number of esters is 1. The largest absolute Gasteiger partial charge is 0.468 e. The molecule has 0 aliphatic heterocycles. The van der Waals surface area contributed by atoms with Crippen LogP contribution >= 0.6 is 11.3 Å². The van der Waals surface area contributed by atoms with Gasteiger partial charge in [0.15, 0.2) is 4.80 Å². The fraction of sp³-hybridized carbons (Fsp3) is 0.222. The summed E-state index contributed by atoms with van der Waals surface area (Å²) in [5.41, 5.74) is 2.41. The zero-order chi connectivity index (χ0) is 27.3. The average Bonchev–Trinajstić information content (AvgIpc) is 3.23. The molecule has 0 saturated carbocycles. The van der Waals surface area contributed by atoms with Gasteiger partial charge in [0, 0.05) is 11.3 Å². The molecule has 0 saturated heterocycles. The predicted octanol–water partition coefficient (Wildman–Crippen LogP) is 4.90. The Bertz CT molecular complexity index is 1640. The molecule has 3 aromatic carbocycles. The van der Waals surface area contributed by atoms with Crippen molar-refractivity contribution in [3.05, 3.63) is 88.5 Å². The van der Waals surface area contributed by atoms with Gasteiger partial charge in [-0.3, -0.25) is 14.3 Å². The molecule has 0 bridgehead atoms. The quantitative estimate of drug-likeness (QED) is 0.296. The van der Waals surface area contributed by atoms with Crippen molar-refractivity contribution in [3.8, 4) is 0 Å². The molecule has 198 valence electrons. The van der Waals surface area contributed by atoms with Crippen LogP contribution in [0.4, 0.5) is 10.1 Å². The molecule has 0 atom stereocenters. The van der Waals surface area contributed by atoms with E-state index in [2.05, 4.69) is 22.7 Å². The van der Waals surface area contributed by atoms with Gasteiger partial charge in [0.05, 0.1) is 22.2 Å². The van der Waals surface area contributed by atoms with E-state index in [-0.39, 0.29) is 22.7 Å². The summed E-state index contributed by atoms with van der Waals surface area (Å²) < 4.78 is 48.0. The Balaban J connectivity index is 1.61. The number of nitrogens with zero attached hydrogens (tertiary/aromatic N) is 2. The second-order valence-electron chi connectivity index (χ2n) is 8.51. The Hall–Kier alpha value is -3.83. The fourth-order valence-electron chi connectivity index (χ4n) is 3.75. The topological polar surface area (TPSA) is 107 Å². The highest BCUT2D eigenvalue weighted by Gasteiger charge is 2.16. The fourth-order valence-corrected chi connectivity index (χ4v) is 5.90. The molecule has 0 spiro atoms. The number of sulfonamides is 1. The molecule has 0 aliphatic rings. The summed E-state index contributed by atoms with van der Waals surface area (Å²) in [5, 5.41) is 0. The van der Waals surface area contributed by atoms with Crippen LogP contribution in [0.15, 0.2) is 76.6 Å². The molecule has 0 radical (unpaired) electrons. The van der Waals surface area contributed by atoms with Crippen LogP contribution < -0.4 is 9.52 Å². The van der Waals surface area contributed by atoms with Crippen molar-refractivity contribution in [2.75, 3.05) is 11.8 Å². The van der Waals surface area contributed by atoms with Crippen molar-refractivity contribution in [1.82, 2.24) is 4.57 Å². The molecular weight excluding hydrogens is 529 g/mol. The molecule has 1 amide bonds. The molecule has 1 heterocycles. The molecule has 4 aromatic rings. The molecule has 0 aliphatic carbocycles. The normalized spacial score (nSPS) is 12.0. The lowest BCUT2D eigenvalue weighted by atomic mass is 10.1. The van der Waals surface area contributed by atoms with Gasteiger partial charge < -0.3 is 9.30 Å². The van der Waals surface area contributed by atoms with Crippen LogP contribution in [0.5, 0.6) is 0 Å². The summed E-state index contributed by atoms with van der Waals surface area (Å²) in [4.78, 5) is 29.6. The second kappa shape index (κ2) is 11.7. The number of halogens is 1. The number of rotatable bonds is 9. The lowest BCUT2D eigenvalue weighted by Gasteiger charge is -2.08. The first-order valence-electron chi connectivity index (χ1n) is 11.9. The number of aromatic nitrogens is 1. The number of aryl methyl sites for hydroxylation is 1. The van der Waals surface area contributed by atoms with E-state index in [9.17, 15) is 22.4 Å². The maximum Gasteiger partial charge on any atom is 0.325 e. The summed E-state index contributed by atoms with van der Waals surface area (Å²) >= 11 is 1.31. The van der Waals surface area contributed by atoms with Crippen LogP contribution in [0.2, 0.25) is 0 Å². The van der Waals surface area contributed by atoms with Gasteiger partial charge in [0.25, 0.3) is 15.9 Å². The van der Waals surface area contributed by atoms with E-state index in [1.165, 1.54) is 48.3 Å². The van der Waals surface area contributed by atoms with Crippen molar-refractivity contribution >= 4 is 49.1 Å². The van der Waals surface area contributed by atoms with Crippen molar-refractivity contribution in [2.45, 2.75) is 37.6 Å². The molecule has 0 fully saturated rings. The number of carbonyl (C=O) groups is 2. The summed E-state index contributed by atoms with van der Waals surface area (Å²) in [5.74, 6) is -1.56. The van der Waals surface area contributed by atoms with Gasteiger partial charge in [-0.25, -0.2) is 12.8 Å². The molecule has 1 aromatic heterocycles. The molecule has 0 unspecified atom stereocenters. The van der Waals surface area contributed by atoms with E-state index in [1.54, 1.807) is 4.57 Å². The van der Waals surface area contributed by atoms with Crippen LogP contribution in [-0.2, 0) is 32.5 Å². The third-order valence-electron chi connectivity index (χ3n) is 5.79. The number of carbonyl (C=O) groups excluding carboxylic acids is 2. The van der Waals surface area contributed by atoms with Gasteiger partial charge in [-0.1, -0.05) is 30.7 Å². The van der Waals surface area contributed by atoms with E-state index in [0.29, 0.717) is 4.80 Å². The zero-order valence-corrected chi connectivity index (χ0v) is 22.4. The molecular formula is C27H26FN3O5S2. The SMILES string of the molecule is CCCCc1ccc2c(c1)sc(=NC(=O)c1ccc(NS(=O)(=O)c3ccc(F)cc3)cc1)n2CC(=O)OC. The number of hydrogen-bond acceptors (Lipinski definition) is 6. The van der Waals surface area contributed by atoms with E-state index in [4.69, 9.17) is 4.74 Å². The monoisotopic (exact) mass is 555 g/mol. The van der Waals surface area contributed by atoms with Gasteiger partial charge in [-0.05, 0) is 79.1 Å². The number of ether oxygens (including phenoxy) is 1. The predicted molar refractivity (Wildman–Crippen MR) is 144 cm³/mol. The van der Waals surface area contributed by atoms with Crippen molar-refractivity contribution in [1.29, 1.82) is 0 Å². The molecule has 38 heavy (non-hydrogen) atoms. The second-order valence-corrected chi connectivity index (χ2v) is 11.2. The Morgan fingerprint density at radius 2 is 1.76 bits per heavy atom. The maximum atomic E-state index is 13.1. The first kappa shape index (κ1) is 27.2. The van der Waals surface area contributed by atoms with E-state index >= 15 is 0 Å². The maximum absolute atomic E-state index is 13.1. The van der Waals surface area contributed by atoms with Gasteiger partial charge in [-0.15, -0.1) is 0 Å². The average molecular weight is 556 g/mol.